The van der Waals surface area contributed by atoms with Gasteiger partial charge in [0, 0.05) is 6.54 Å². The van der Waals surface area contributed by atoms with Crippen LogP contribution in [0.3, 0.4) is 0 Å². The summed E-state index contributed by atoms with van der Waals surface area (Å²) >= 11 is 0. The molecule has 2 atom stereocenters. The molecule has 1 aliphatic heterocycles. The standard InChI is InChI=1S/C16H21NO3/c1-2-15(18)14-10-6-7-11-17(14)16(19)20-12-13-8-4-3-5-9-13/h2-5,8-9,14-15,18H,1,6-7,10-12H2. The van der Waals surface area contributed by atoms with E-state index in [9.17, 15) is 9.90 Å². The maximum absolute atomic E-state index is 12.2. The van der Waals surface area contributed by atoms with Gasteiger partial charge < -0.3 is 14.7 Å². The third-order valence-corrected chi connectivity index (χ3v) is 3.62. The van der Waals surface area contributed by atoms with E-state index < -0.39 is 6.10 Å². The van der Waals surface area contributed by atoms with Gasteiger partial charge in [0.15, 0.2) is 0 Å². The predicted molar refractivity (Wildman–Crippen MR) is 77.2 cm³/mol. The lowest BCUT2D eigenvalue weighted by Gasteiger charge is -2.36. The summed E-state index contributed by atoms with van der Waals surface area (Å²) in [5.74, 6) is 0. The summed E-state index contributed by atoms with van der Waals surface area (Å²) < 4.78 is 5.33. The number of aliphatic hydroxyl groups excluding tert-OH is 1. The molecule has 0 bridgehead atoms. The van der Waals surface area contributed by atoms with Crippen molar-refractivity contribution in [1.29, 1.82) is 0 Å². The first-order valence-corrected chi connectivity index (χ1v) is 7.00. The largest absolute Gasteiger partial charge is 0.445 e. The highest BCUT2D eigenvalue weighted by Crippen LogP contribution is 2.21. The number of aliphatic hydroxyl groups is 1. The van der Waals surface area contributed by atoms with Crippen molar-refractivity contribution in [2.24, 2.45) is 0 Å². The van der Waals surface area contributed by atoms with E-state index in [4.69, 9.17) is 4.74 Å². The summed E-state index contributed by atoms with van der Waals surface area (Å²) in [6, 6.07) is 9.36. The topological polar surface area (TPSA) is 49.8 Å². The molecule has 0 radical (unpaired) electrons. The number of rotatable bonds is 4. The molecule has 4 nitrogen and oxygen atoms in total. The zero-order valence-electron chi connectivity index (χ0n) is 11.6. The summed E-state index contributed by atoms with van der Waals surface area (Å²) in [5, 5.41) is 9.92. The second-order valence-corrected chi connectivity index (χ2v) is 5.02. The zero-order chi connectivity index (χ0) is 14.4. The van der Waals surface area contributed by atoms with E-state index in [1.54, 1.807) is 4.90 Å². The van der Waals surface area contributed by atoms with E-state index in [2.05, 4.69) is 6.58 Å². The van der Waals surface area contributed by atoms with Crippen LogP contribution in [0.2, 0.25) is 0 Å². The van der Waals surface area contributed by atoms with Gasteiger partial charge in [-0.15, -0.1) is 6.58 Å². The number of hydrogen-bond acceptors (Lipinski definition) is 3. The first-order chi connectivity index (χ1) is 9.72. The van der Waals surface area contributed by atoms with Gasteiger partial charge in [-0.1, -0.05) is 36.4 Å². The Balaban J connectivity index is 1.94. The Hall–Kier alpha value is -1.81. The highest BCUT2D eigenvalue weighted by Gasteiger charge is 2.31. The van der Waals surface area contributed by atoms with E-state index in [1.807, 2.05) is 30.3 Å². The van der Waals surface area contributed by atoms with Gasteiger partial charge in [0.25, 0.3) is 0 Å². The fraction of sp³-hybridized carbons (Fsp3) is 0.438. The van der Waals surface area contributed by atoms with E-state index in [-0.39, 0.29) is 18.7 Å². The Kier molecular flexibility index (Phi) is 5.18. The lowest BCUT2D eigenvalue weighted by atomic mass is 9.98. The second kappa shape index (κ2) is 7.10. The summed E-state index contributed by atoms with van der Waals surface area (Å²) in [7, 11) is 0. The molecule has 4 heteroatoms. The van der Waals surface area contributed by atoms with Crippen molar-refractivity contribution >= 4 is 6.09 Å². The summed E-state index contributed by atoms with van der Waals surface area (Å²) in [4.78, 5) is 13.8. The average Bonchev–Trinajstić information content (AvgIpc) is 2.52. The van der Waals surface area contributed by atoms with Crippen molar-refractivity contribution in [3.05, 3.63) is 48.6 Å². The van der Waals surface area contributed by atoms with Crippen LogP contribution in [0.25, 0.3) is 0 Å². The molecule has 1 aromatic carbocycles. The Labute approximate surface area is 119 Å². The first-order valence-electron chi connectivity index (χ1n) is 7.00. The fourth-order valence-corrected chi connectivity index (χ4v) is 2.50. The van der Waals surface area contributed by atoms with Crippen molar-refractivity contribution in [2.45, 2.75) is 38.0 Å². The molecule has 1 heterocycles. The van der Waals surface area contributed by atoms with E-state index >= 15 is 0 Å². The van der Waals surface area contributed by atoms with Crippen LogP contribution in [0.5, 0.6) is 0 Å². The summed E-state index contributed by atoms with van der Waals surface area (Å²) in [5.41, 5.74) is 0.957. The molecule has 1 saturated heterocycles. The third kappa shape index (κ3) is 3.61. The molecule has 1 aromatic rings. The molecule has 20 heavy (non-hydrogen) atoms. The summed E-state index contributed by atoms with van der Waals surface area (Å²) in [6.07, 6.45) is 3.17. The Bertz CT molecular complexity index is 446. The Morgan fingerprint density at radius 2 is 2.20 bits per heavy atom. The second-order valence-electron chi connectivity index (χ2n) is 5.02. The number of piperidine rings is 1. The van der Waals surface area contributed by atoms with Crippen LogP contribution in [0.1, 0.15) is 24.8 Å². The molecule has 1 N–H and O–H groups in total. The molecular formula is C16H21NO3. The molecule has 108 valence electrons. The van der Waals surface area contributed by atoms with Crippen molar-refractivity contribution in [3.63, 3.8) is 0 Å². The lowest BCUT2D eigenvalue weighted by Crippen LogP contribution is -2.49. The van der Waals surface area contributed by atoms with Gasteiger partial charge in [0.2, 0.25) is 0 Å². The van der Waals surface area contributed by atoms with Crippen LogP contribution >= 0.6 is 0 Å². The highest BCUT2D eigenvalue weighted by atomic mass is 16.6. The van der Waals surface area contributed by atoms with E-state index in [0.29, 0.717) is 6.54 Å². The van der Waals surface area contributed by atoms with Gasteiger partial charge >= 0.3 is 6.09 Å². The number of likely N-dealkylation sites (tertiary alicyclic amines) is 1. The number of ether oxygens (including phenoxy) is 1. The van der Waals surface area contributed by atoms with Crippen LogP contribution in [0, 0.1) is 0 Å². The van der Waals surface area contributed by atoms with Gasteiger partial charge in [-0.3, -0.25) is 0 Å². The normalized spacial score (nSPS) is 20.2. The van der Waals surface area contributed by atoms with Crippen LogP contribution < -0.4 is 0 Å². The quantitative estimate of drug-likeness (QED) is 0.860. The average molecular weight is 275 g/mol. The SMILES string of the molecule is C=CC(O)C1CCCCN1C(=O)OCc1ccccc1. The minimum absolute atomic E-state index is 0.218. The number of carbonyl (C=O) groups is 1. The Morgan fingerprint density at radius 3 is 2.90 bits per heavy atom. The van der Waals surface area contributed by atoms with Crippen LogP contribution in [-0.4, -0.2) is 34.8 Å². The van der Waals surface area contributed by atoms with Crippen molar-refractivity contribution < 1.29 is 14.6 Å². The van der Waals surface area contributed by atoms with Gasteiger partial charge in [0.05, 0.1) is 12.1 Å². The van der Waals surface area contributed by atoms with Crippen LogP contribution in [0.4, 0.5) is 4.79 Å². The molecule has 1 amide bonds. The van der Waals surface area contributed by atoms with E-state index in [0.717, 1.165) is 24.8 Å². The maximum atomic E-state index is 12.2. The van der Waals surface area contributed by atoms with Crippen molar-refractivity contribution in [2.75, 3.05) is 6.54 Å². The number of benzene rings is 1. The molecule has 1 aliphatic rings. The number of carbonyl (C=O) groups excluding carboxylic acids is 1. The molecule has 2 unspecified atom stereocenters. The predicted octanol–water partition coefficient (Wildman–Crippen LogP) is 2.72. The first kappa shape index (κ1) is 14.6. The number of nitrogens with zero attached hydrogens (tertiary/aromatic N) is 1. The number of amides is 1. The van der Waals surface area contributed by atoms with Crippen LogP contribution in [-0.2, 0) is 11.3 Å². The van der Waals surface area contributed by atoms with Gasteiger partial charge in [0.1, 0.15) is 6.61 Å². The molecule has 0 aliphatic carbocycles. The lowest BCUT2D eigenvalue weighted by molar-refractivity contribution is 0.0307. The van der Waals surface area contributed by atoms with Gasteiger partial charge in [-0.25, -0.2) is 4.79 Å². The highest BCUT2D eigenvalue weighted by molar-refractivity contribution is 5.68. The van der Waals surface area contributed by atoms with Gasteiger partial charge in [-0.05, 0) is 24.8 Å². The summed E-state index contributed by atoms with van der Waals surface area (Å²) in [6.45, 7) is 4.48. The molecule has 1 fully saturated rings. The molecule has 0 aromatic heterocycles. The molecule has 2 rings (SSSR count). The molecule has 0 saturated carbocycles. The van der Waals surface area contributed by atoms with E-state index in [1.165, 1.54) is 6.08 Å². The number of hydrogen-bond donors (Lipinski definition) is 1. The monoisotopic (exact) mass is 275 g/mol. The minimum Gasteiger partial charge on any atom is -0.445 e. The minimum atomic E-state index is -0.695. The fourth-order valence-electron chi connectivity index (χ4n) is 2.50. The Morgan fingerprint density at radius 1 is 1.45 bits per heavy atom. The van der Waals surface area contributed by atoms with Crippen molar-refractivity contribution in [3.8, 4) is 0 Å². The van der Waals surface area contributed by atoms with Crippen molar-refractivity contribution in [1.82, 2.24) is 4.90 Å². The van der Waals surface area contributed by atoms with Crippen LogP contribution in [0.15, 0.2) is 43.0 Å². The molecule has 0 spiro atoms. The van der Waals surface area contributed by atoms with Gasteiger partial charge in [-0.2, -0.15) is 0 Å². The zero-order valence-corrected chi connectivity index (χ0v) is 11.6. The molecular weight excluding hydrogens is 254 g/mol. The maximum Gasteiger partial charge on any atom is 0.410 e. The smallest absolute Gasteiger partial charge is 0.410 e. The third-order valence-electron chi connectivity index (χ3n) is 3.62.